The van der Waals surface area contributed by atoms with Crippen molar-refractivity contribution in [3.8, 4) is 0 Å². The van der Waals surface area contributed by atoms with Crippen molar-refractivity contribution in [2.75, 3.05) is 11.9 Å². The molecule has 3 nitrogen and oxygen atoms in total. The summed E-state index contributed by atoms with van der Waals surface area (Å²) in [6, 6.07) is 2.30. The van der Waals surface area contributed by atoms with E-state index in [0.29, 0.717) is 17.5 Å². The first-order chi connectivity index (χ1) is 7.47. The first kappa shape index (κ1) is 12.7. The zero-order valence-corrected chi connectivity index (χ0v) is 10.7. The van der Waals surface area contributed by atoms with Gasteiger partial charge in [0.05, 0.1) is 0 Å². The van der Waals surface area contributed by atoms with Crippen molar-refractivity contribution < 1.29 is 4.79 Å². The van der Waals surface area contributed by atoms with Gasteiger partial charge in [-0.05, 0) is 31.4 Å². The lowest BCUT2D eigenvalue weighted by Crippen LogP contribution is -2.34. The molecule has 3 heteroatoms. The molecule has 0 aliphatic carbocycles. The summed E-state index contributed by atoms with van der Waals surface area (Å²) in [7, 11) is 2.04. The number of carbonyl (C=O) groups excluding carboxylic acids is 1. The fraction of sp³-hybridized carbons (Fsp3) is 0.538. The maximum absolute atomic E-state index is 10.6. The number of hydrogen-bond acceptors (Lipinski definition) is 3. The third-order valence-corrected chi connectivity index (χ3v) is 3.12. The van der Waals surface area contributed by atoms with Gasteiger partial charge in [0.25, 0.3) is 0 Å². The molecule has 0 amide bonds. The highest BCUT2D eigenvalue weighted by molar-refractivity contribution is 5.75. The third kappa shape index (κ3) is 2.60. The van der Waals surface area contributed by atoms with Gasteiger partial charge in [0, 0.05) is 24.8 Å². The number of carbonyl (C=O) groups is 1. The summed E-state index contributed by atoms with van der Waals surface area (Å²) >= 11 is 0. The van der Waals surface area contributed by atoms with Crippen molar-refractivity contribution in [1.29, 1.82) is 0 Å². The highest BCUT2D eigenvalue weighted by Crippen LogP contribution is 2.20. The minimum absolute atomic E-state index is 0.424. The minimum Gasteiger partial charge on any atom is -0.357 e. The molecule has 0 saturated carbocycles. The first-order valence-electron chi connectivity index (χ1n) is 5.62. The summed E-state index contributed by atoms with van der Waals surface area (Å²) in [6.45, 7) is 8.55. The molecule has 0 aromatic carbocycles. The molecule has 1 rings (SSSR count). The van der Waals surface area contributed by atoms with Crippen LogP contribution in [0.5, 0.6) is 0 Å². The summed E-state index contributed by atoms with van der Waals surface area (Å²) in [5.41, 5.74) is 1.67. The smallest absolute Gasteiger partial charge is 0.151 e. The molecule has 1 atom stereocenters. The molecule has 0 spiro atoms. The third-order valence-electron chi connectivity index (χ3n) is 3.12. The van der Waals surface area contributed by atoms with E-state index in [4.69, 9.17) is 0 Å². The summed E-state index contributed by atoms with van der Waals surface area (Å²) in [6.07, 6.45) is 2.45. The summed E-state index contributed by atoms with van der Waals surface area (Å²) in [5, 5.41) is 0. The second-order valence-electron chi connectivity index (χ2n) is 4.62. The van der Waals surface area contributed by atoms with E-state index >= 15 is 0 Å². The Hall–Kier alpha value is -1.38. The zero-order valence-electron chi connectivity index (χ0n) is 10.7. The van der Waals surface area contributed by atoms with Crippen LogP contribution in [0.4, 0.5) is 5.82 Å². The molecule has 1 heterocycles. The molecule has 1 unspecified atom stereocenters. The molecule has 0 aliphatic heterocycles. The summed E-state index contributed by atoms with van der Waals surface area (Å²) in [4.78, 5) is 17.1. The van der Waals surface area contributed by atoms with Gasteiger partial charge in [0.15, 0.2) is 6.29 Å². The largest absolute Gasteiger partial charge is 0.357 e. The Morgan fingerprint density at radius 3 is 2.44 bits per heavy atom. The lowest BCUT2D eigenvalue weighted by Gasteiger charge is -2.30. The van der Waals surface area contributed by atoms with E-state index < -0.39 is 0 Å². The number of aldehydes is 1. The highest BCUT2D eigenvalue weighted by Gasteiger charge is 2.16. The molecule has 0 fully saturated rings. The van der Waals surface area contributed by atoms with Crippen LogP contribution in [0.3, 0.4) is 0 Å². The van der Waals surface area contributed by atoms with Gasteiger partial charge < -0.3 is 4.90 Å². The van der Waals surface area contributed by atoms with Gasteiger partial charge in [0.2, 0.25) is 0 Å². The van der Waals surface area contributed by atoms with Gasteiger partial charge in [0.1, 0.15) is 5.82 Å². The average Bonchev–Trinajstić information content (AvgIpc) is 2.26. The van der Waals surface area contributed by atoms with Crippen LogP contribution in [0, 0.1) is 12.8 Å². The Balaban J connectivity index is 3.00. The fourth-order valence-corrected chi connectivity index (χ4v) is 1.66. The summed E-state index contributed by atoms with van der Waals surface area (Å²) < 4.78 is 0. The van der Waals surface area contributed by atoms with E-state index in [1.54, 1.807) is 6.20 Å². The normalized spacial score (nSPS) is 12.6. The molecule has 0 saturated heterocycles. The van der Waals surface area contributed by atoms with Gasteiger partial charge in [-0.2, -0.15) is 0 Å². The zero-order chi connectivity index (χ0) is 12.3. The minimum atomic E-state index is 0.424. The second-order valence-corrected chi connectivity index (χ2v) is 4.62. The number of rotatable bonds is 4. The van der Waals surface area contributed by atoms with Crippen LogP contribution in [0.15, 0.2) is 12.3 Å². The van der Waals surface area contributed by atoms with Crippen LogP contribution in [0.1, 0.15) is 36.7 Å². The highest BCUT2D eigenvalue weighted by atomic mass is 16.1. The lowest BCUT2D eigenvalue weighted by molar-refractivity contribution is 0.112. The Morgan fingerprint density at radius 1 is 1.38 bits per heavy atom. The SMILES string of the molecule is Cc1cc(C=O)cnc1N(C)C(C)C(C)C. The van der Waals surface area contributed by atoms with Crippen LogP contribution in [0.2, 0.25) is 0 Å². The number of hydrogen-bond donors (Lipinski definition) is 0. The monoisotopic (exact) mass is 220 g/mol. The molecule has 1 aromatic heterocycles. The number of pyridine rings is 1. The number of aryl methyl sites for hydroxylation is 1. The number of anilines is 1. The van der Waals surface area contributed by atoms with Crippen molar-refractivity contribution in [3.05, 3.63) is 23.4 Å². The van der Waals surface area contributed by atoms with E-state index in [2.05, 4.69) is 30.7 Å². The van der Waals surface area contributed by atoms with Gasteiger partial charge in [-0.15, -0.1) is 0 Å². The van der Waals surface area contributed by atoms with E-state index in [1.165, 1.54) is 0 Å². The van der Waals surface area contributed by atoms with Crippen LogP contribution in [-0.4, -0.2) is 24.4 Å². The molecule has 88 valence electrons. The molecule has 0 aliphatic rings. The van der Waals surface area contributed by atoms with Crippen LogP contribution in [0.25, 0.3) is 0 Å². The Bertz CT molecular complexity index is 374. The van der Waals surface area contributed by atoms with Crippen molar-refractivity contribution in [3.63, 3.8) is 0 Å². The van der Waals surface area contributed by atoms with Crippen molar-refractivity contribution >= 4 is 12.1 Å². The van der Waals surface area contributed by atoms with Crippen molar-refractivity contribution in [2.45, 2.75) is 33.7 Å². The Labute approximate surface area is 97.5 Å². The Kier molecular flexibility index (Phi) is 4.05. The maximum Gasteiger partial charge on any atom is 0.151 e. The Morgan fingerprint density at radius 2 is 2.00 bits per heavy atom. The van der Waals surface area contributed by atoms with E-state index in [-0.39, 0.29) is 0 Å². The molecular formula is C13H20N2O. The van der Waals surface area contributed by atoms with Crippen LogP contribution in [-0.2, 0) is 0 Å². The standard InChI is InChI=1S/C13H20N2O/c1-9(2)11(4)15(5)13-10(3)6-12(8-16)7-14-13/h6-9,11H,1-5H3. The van der Waals surface area contributed by atoms with Gasteiger partial charge in [-0.3, -0.25) is 4.79 Å². The lowest BCUT2D eigenvalue weighted by atomic mass is 10.0. The van der Waals surface area contributed by atoms with Crippen molar-refractivity contribution in [1.82, 2.24) is 4.98 Å². The molecule has 0 N–H and O–H groups in total. The van der Waals surface area contributed by atoms with E-state index in [1.807, 2.05) is 20.0 Å². The summed E-state index contributed by atoms with van der Waals surface area (Å²) in [5.74, 6) is 1.52. The van der Waals surface area contributed by atoms with Gasteiger partial charge >= 0.3 is 0 Å². The molecule has 16 heavy (non-hydrogen) atoms. The van der Waals surface area contributed by atoms with Crippen LogP contribution < -0.4 is 4.90 Å². The molecular weight excluding hydrogens is 200 g/mol. The first-order valence-corrected chi connectivity index (χ1v) is 5.62. The number of nitrogens with zero attached hydrogens (tertiary/aromatic N) is 2. The molecule has 0 radical (unpaired) electrons. The fourth-order valence-electron chi connectivity index (χ4n) is 1.66. The molecule has 0 bridgehead atoms. The maximum atomic E-state index is 10.6. The van der Waals surface area contributed by atoms with Crippen molar-refractivity contribution in [2.24, 2.45) is 5.92 Å². The van der Waals surface area contributed by atoms with E-state index in [9.17, 15) is 4.79 Å². The molecule has 1 aromatic rings. The van der Waals surface area contributed by atoms with Gasteiger partial charge in [-0.1, -0.05) is 13.8 Å². The van der Waals surface area contributed by atoms with Crippen LogP contribution >= 0.6 is 0 Å². The quantitative estimate of drug-likeness (QED) is 0.731. The van der Waals surface area contributed by atoms with E-state index in [0.717, 1.165) is 17.7 Å². The average molecular weight is 220 g/mol. The number of aromatic nitrogens is 1. The predicted octanol–water partition coefficient (Wildman–Crippen LogP) is 2.68. The topological polar surface area (TPSA) is 33.2 Å². The predicted molar refractivity (Wildman–Crippen MR) is 67.1 cm³/mol. The second kappa shape index (κ2) is 5.10. The van der Waals surface area contributed by atoms with Gasteiger partial charge in [-0.25, -0.2) is 4.98 Å².